The van der Waals surface area contributed by atoms with Crippen LogP contribution >= 0.6 is 0 Å². The van der Waals surface area contributed by atoms with Crippen molar-refractivity contribution in [3.63, 3.8) is 0 Å². The van der Waals surface area contributed by atoms with Crippen molar-refractivity contribution < 1.29 is 4.79 Å². The van der Waals surface area contributed by atoms with Gasteiger partial charge in [-0.1, -0.05) is 60.7 Å². The number of nitrogens with one attached hydrogen (secondary N) is 2. The van der Waals surface area contributed by atoms with Crippen LogP contribution in [-0.2, 0) is 0 Å². The Bertz CT molecular complexity index is 1330. The number of hydrogen-bond acceptors (Lipinski definition) is 4. The summed E-state index contributed by atoms with van der Waals surface area (Å²) in [6.07, 6.45) is -0.719. The predicted octanol–water partition coefficient (Wildman–Crippen LogP) is 4.56. The first-order valence-electron chi connectivity index (χ1n) is 10.4. The van der Waals surface area contributed by atoms with Gasteiger partial charge in [0.05, 0.1) is 11.4 Å². The molecule has 0 aliphatic carbocycles. The summed E-state index contributed by atoms with van der Waals surface area (Å²) in [6, 6.07) is 25.2. The van der Waals surface area contributed by atoms with Crippen LogP contribution in [0.3, 0.4) is 0 Å². The fourth-order valence-corrected chi connectivity index (χ4v) is 3.92. The zero-order valence-corrected chi connectivity index (χ0v) is 17.8. The van der Waals surface area contributed by atoms with Gasteiger partial charge in [-0.05, 0) is 37.6 Å². The van der Waals surface area contributed by atoms with E-state index in [1.807, 2.05) is 97.3 Å². The molecule has 0 fully saturated rings. The Kier molecular flexibility index (Phi) is 4.99. The second-order valence-corrected chi connectivity index (χ2v) is 7.67. The summed E-state index contributed by atoms with van der Waals surface area (Å²) in [5, 5.41) is 14.5. The lowest BCUT2D eigenvalue weighted by Crippen LogP contribution is -2.33. The minimum absolute atomic E-state index is 0.366. The smallest absolute Gasteiger partial charge is 0.309 e. The Balaban J connectivity index is 1.59. The van der Waals surface area contributed by atoms with Gasteiger partial charge in [-0.3, -0.25) is 9.56 Å². The molecule has 1 atom stereocenters. The van der Waals surface area contributed by atoms with Gasteiger partial charge in [0.1, 0.15) is 5.82 Å². The van der Waals surface area contributed by atoms with E-state index in [0.717, 1.165) is 33.9 Å². The van der Waals surface area contributed by atoms with E-state index in [-0.39, 0.29) is 6.03 Å². The third kappa shape index (κ3) is 3.65. The lowest BCUT2D eigenvalue weighted by Gasteiger charge is -2.15. The minimum atomic E-state index is -0.719. The van der Waals surface area contributed by atoms with Crippen LogP contribution < -0.4 is 10.6 Å². The number of aryl methyl sites for hydroxylation is 2. The molecular weight excluding hydrogens is 400 g/mol. The van der Waals surface area contributed by atoms with Crippen molar-refractivity contribution in [2.45, 2.75) is 20.0 Å². The highest BCUT2D eigenvalue weighted by molar-refractivity contribution is 6.15. The van der Waals surface area contributed by atoms with Crippen LogP contribution in [0, 0.1) is 13.8 Å². The third-order valence-electron chi connectivity index (χ3n) is 5.34. The van der Waals surface area contributed by atoms with Crippen molar-refractivity contribution in [1.82, 2.24) is 20.1 Å². The van der Waals surface area contributed by atoms with E-state index in [1.54, 1.807) is 0 Å². The highest BCUT2D eigenvalue weighted by atomic mass is 16.2. The number of amides is 2. The number of nitrogens with zero attached hydrogens (tertiary/aromatic N) is 4. The van der Waals surface area contributed by atoms with E-state index < -0.39 is 6.17 Å². The van der Waals surface area contributed by atoms with Crippen molar-refractivity contribution in [1.29, 1.82) is 0 Å². The average molecular weight is 422 g/mol. The average Bonchev–Trinajstić information content (AvgIpc) is 3.12. The lowest BCUT2D eigenvalue weighted by atomic mass is 10.0. The first kappa shape index (κ1) is 19.7. The number of aromatic nitrogens is 3. The van der Waals surface area contributed by atoms with Crippen molar-refractivity contribution in [2.75, 3.05) is 5.32 Å². The molecule has 0 saturated heterocycles. The summed E-state index contributed by atoms with van der Waals surface area (Å²) in [6.45, 7) is 3.87. The van der Waals surface area contributed by atoms with Crippen molar-refractivity contribution in [3.8, 4) is 5.69 Å². The zero-order valence-electron chi connectivity index (χ0n) is 17.8. The molecular formula is C25H22N6O. The lowest BCUT2D eigenvalue weighted by molar-refractivity contribution is 0.248. The molecule has 2 heterocycles. The maximum Gasteiger partial charge on any atom is 0.321 e. The second-order valence-electron chi connectivity index (χ2n) is 7.67. The summed E-state index contributed by atoms with van der Waals surface area (Å²) in [5.74, 6) is 1.28. The molecule has 1 aromatic heterocycles. The van der Waals surface area contributed by atoms with Crippen LogP contribution in [0.5, 0.6) is 0 Å². The van der Waals surface area contributed by atoms with Gasteiger partial charge in [0, 0.05) is 16.8 Å². The van der Waals surface area contributed by atoms with Gasteiger partial charge in [-0.25, -0.2) is 4.79 Å². The number of hydrogen-bond donors (Lipinski definition) is 2. The Morgan fingerprint density at radius 3 is 2.50 bits per heavy atom. The fourth-order valence-electron chi connectivity index (χ4n) is 3.92. The number of urea groups is 1. The molecule has 5 rings (SSSR count). The highest BCUT2D eigenvalue weighted by Crippen LogP contribution is 2.29. The Morgan fingerprint density at radius 1 is 0.906 bits per heavy atom. The zero-order chi connectivity index (χ0) is 22.1. The molecule has 3 aromatic carbocycles. The van der Waals surface area contributed by atoms with E-state index in [0.29, 0.717) is 11.5 Å². The molecule has 0 spiro atoms. The quantitative estimate of drug-likeness (QED) is 0.508. The molecule has 1 aliphatic rings. The number of aliphatic imine (C=N–C) groups is 1. The molecule has 4 aromatic rings. The van der Waals surface area contributed by atoms with Crippen molar-refractivity contribution in [2.24, 2.45) is 4.99 Å². The van der Waals surface area contributed by atoms with Gasteiger partial charge >= 0.3 is 6.03 Å². The van der Waals surface area contributed by atoms with Crippen LogP contribution in [0.25, 0.3) is 5.69 Å². The second kappa shape index (κ2) is 8.11. The number of anilines is 1. The van der Waals surface area contributed by atoms with Crippen LogP contribution in [0.2, 0.25) is 0 Å². The molecule has 7 heteroatoms. The van der Waals surface area contributed by atoms with Gasteiger partial charge in [0.2, 0.25) is 0 Å². The van der Waals surface area contributed by atoms with Crippen LogP contribution in [0.15, 0.2) is 83.9 Å². The van der Waals surface area contributed by atoms with Crippen LogP contribution in [0.4, 0.5) is 10.5 Å². The van der Waals surface area contributed by atoms with Gasteiger partial charge in [-0.2, -0.15) is 0 Å². The van der Waals surface area contributed by atoms with Gasteiger partial charge in [0.15, 0.2) is 12.0 Å². The predicted molar refractivity (Wildman–Crippen MR) is 124 cm³/mol. The molecule has 1 aliphatic heterocycles. The number of carbonyl (C=O) groups excluding carboxylic acids is 1. The van der Waals surface area contributed by atoms with Crippen molar-refractivity contribution >= 4 is 17.4 Å². The first-order valence-corrected chi connectivity index (χ1v) is 10.4. The van der Waals surface area contributed by atoms with Crippen LogP contribution in [0.1, 0.15) is 34.5 Å². The number of fused-ring (bicyclic) bond motifs is 3. The summed E-state index contributed by atoms with van der Waals surface area (Å²) in [5.41, 5.74) is 5.40. The largest absolute Gasteiger partial charge is 0.321 e. The summed E-state index contributed by atoms with van der Waals surface area (Å²) in [4.78, 5) is 17.9. The van der Waals surface area contributed by atoms with Crippen molar-refractivity contribution in [3.05, 3.63) is 107 Å². The number of para-hydroxylation sites is 1. The molecule has 2 amide bonds. The van der Waals surface area contributed by atoms with Gasteiger partial charge in [0.25, 0.3) is 0 Å². The monoisotopic (exact) mass is 422 g/mol. The molecule has 0 saturated carbocycles. The number of carbonyl (C=O) groups is 1. The normalized spacial score (nSPS) is 14.6. The van der Waals surface area contributed by atoms with Gasteiger partial charge in [-0.15, -0.1) is 10.2 Å². The van der Waals surface area contributed by atoms with E-state index in [2.05, 4.69) is 20.8 Å². The molecule has 7 nitrogen and oxygen atoms in total. The fraction of sp³-hybridized carbons (Fsp3) is 0.120. The molecule has 32 heavy (non-hydrogen) atoms. The molecule has 158 valence electrons. The highest BCUT2D eigenvalue weighted by Gasteiger charge is 2.29. The number of benzene rings is 3. The maximum absolute atomic E-state index is 12.9. The third-order valence-corrected chi connectivity index (χ3v) is 5.34. The topological polar surface area (TPSA) is 84.2 Å². The summed E-state index contributed by atoms with van der Waals surface area (Å²) in [7, 11) is 0. The van der Waals surface area contributed by atoms with E-state index >= 15 is 0 Å². The molecule has 0 radical (unpaired) electrons. The maximum atomic E-state index is 12.9. The Labute approximate surface area is 185 Å². The molecule has 1 unspecified atom stereocenters. The van der Waals surface area contributed by atoms with Crippen LogP contribution in [-0.4, -0.2) is 26.5 Å². The Hall–Kier alpha value is -4.26. The minimum Gasteiger partial charge on any atom is -0.309 e. The first-order chi connectivity index (χ1) is 15.6. The Morgan fingerprint density at radius 2 is 1.69 bits per heavy atom. The van der Waals surface area contributed by atoms with Gasteiger partial charge < -0.3 is 10.6 Å². The SMILES string of the molecule is Cc1cccc(NC(=O)NC2N=C(c3ccccc3)c3ccccc3-n3c(C)nnc32)c1. The van der Waals surface area contributed by atoms with E-state index in [4.69, 9.17) is 4.99 Å². The molecule has 0 bridgehead atoms. The summed E-state index contributed by atoms with van der Waals surface area (Å²) >= 11 is 0. The standard InChI is InChI=1S/C25H22N6O/c1-16-9-8-12-19(15-16)26-25(32)28-23-24-30-29-17(2)31(24)21-14-7-6-13-20(21)22(27-23)18-10-4-3-5-11-18/h3-15,23H,1-2H3,(H2,26,28,32). The summed E-state index contributed by atoms with van der Waals surface area (Å²) < 4.78 is 1.95. The van der Waals surface area contributed by atoms with E-state index in [1.165, 1.54) is 0 Å². The van der Waals surface area contributed by atoms with E-state index in [9.17, 15) is 4.79 Å². The number of rotatable bonds is 3. The molecule has 2 N–H and O–H groups in total.